The van der Waals surface area contributed by atoms with Gasteiger partial charge in [0.2, 0.25) is 5.91 Å². The molecular formula is C23H31N5O. The van der Waals surface area contributed by atoms with Gasteiger partial charge in [-0.25, -0.2) is 0 Å². The van der Waals surface area contributed by atoms with E-state index < -0.39 is 0 Å². The minimum absolute atomic E-state index is 0.0962. The number of carbonyl (C=O) groups excluding carboxylic acids is 1. The van der Waals surface area contributed by atoms with Crippen LogP contribution in [0.1, 0.15) is 70.7 Å². The summed E-state index contributed by atoms with van der Waals surface area (Å²) in [6.45, 7) is 4.34. The lowest BCUT2D eigenvalue weighted by molar-refractivity contribution is -0.124. The number of nitrogens with one attached hydrogen (secondary N) is 1. The average molecular weight is 394 g/mol. The first-order valence-electron chi connectivity index (χ1n) is 10.8. The third-order valence-corrected chi connectivity index (χ3v) is 6.12. The molecule has 3 aromatic rings. The molecule has 0 bridgehead atoms. The first-order chi connectivity index (χ1) is 14.1. The van der Waals surface area contributed by atoms with Crippen LogP contribution in [0.2, 0.25) is 0 Å². The van der Waals surface area contributed by atoms with Crippen LogP contribution in [0.15, 0.2) is 48.9 Å². The molecule has 29 heavy (non-hydrogen) atoms. The van der Waals surface area contributed by atoms with Gasteiger partial charge in [-0.3, -0.25) is 9.20 Å². The summed E-state index contributed by atoms with van der Waals surface area (Å²) in [7, 11) is 0. The van der Waals surface area contributed by atoms with Gasteiger partial charge in [0.1, 0.15) is 0 Å². The summed E-state index contributed by atoms with van der Waals surface area (Å²) in [4.78, 5) is 13.3. The number of aromatic nitrogens is 4. The van der Waals surface area contributed by atoms with Crippen LogP contribution >= 0.6 is 0 Å². The van der Waals surface area contributed by atoms with E-state index in [0.717, 1.165) is 30.7 Å². The standard InChI is InChI=1S/C23H31N5O/c1-18(2)16-19(22-26-25-20-10-4-7-15-28(20)22)24-21(29)17-23(11-5-3-6-12-23)27-13-8-9-14-27/h4,7-10,13-15,18-19H,3,5-6,11-12,16-17H2,1-2H3,(H,24,29)/t19-/m1/s1. The molecule has 154 valence electrons. The smallest absolute Gasteiger partial charge is 0.222 e. The van der Waals surface area contributed by atoms with Crippen LogP contribution < -0.4 is 5.32 Å². The van der Waals surface area contributed by atoms with Crippen molar-refractivity contribution in [3.63, 3.8) is 0 Å². The molecule has 3 aromatic heterocycles. The van der Waals surface area contributed by atoms with Crippen molar-refractivity contribution in [2.45, 2.75) is 70.4 Å². The van der Waals surface area contributed by atoms with E-state index in [4.69, 9.17) is 0 Å². The van der Waals surface area contributed by atoms with Crippen LogP contribution in [-0.2, 0) is 10.3 Å². The molecule has 1 N–H and O–H groups in total. The fourth-order valence-electron chi connectivity index (χ4n) is 4.73. The molecule has 0 saturated heterocycles. The van der Waals surface area contributed by atoms with Crippen LogP contribution in [0.5, 0.6) is 0 Å². The van der Waals surface area contributed by atoms with Crippen molar-refractivity contribution < 1.29 is 4.79 Å². The highest BCUT2D eigenvalue weighted by Crippen LogP contribution is 2.38. The number of rotatable bonds is 7. The van der Waals surface area contributed by atoms with Crippen molar-refractivity contribution in [1.29, 1.82) is 0 Å². The predicted molar refractivity (Wildman–Crippen MR) is 113 cm³/mol. The second kappa shape index (κ2) is 8.39. The quantitative estimate of drug-likeness (QED) is 0.643. The zero-order valence-electron chi connectivity index (χ0n) is 17.4. The summed E-state index contributed by atoms with van der Waals surface area (Å²) in [5, 5.41) is 12.0. The molecule has 3 heterocycles. The fourth-order valence-corrected chi connectivity index (χ4v) is 4.73. The lowest BCUT2D eigenvalue weighted by atomic mass is 9.78. The number of amides is 1. The zero-order valence-corrected chi connectivity index (χ0v) is 17.4. The van der Waals surface area contributed by atoms with Gasteiger partial charge >= 0.3 is 0 Å². The van der Waals surface area contributed by atoms with E-state index in [1.807, 2.05) is 28.8 Å². The predicted octanol–water partition coefficient (Wildman–Crippen LogP) is 4.48. The molecule has 1 amide bonds. The number of hydrogen-bond acceptors (Lipinski definition) is 3. The van der Waals surface area contributed by atoms with E-state index in [1.54, 1.807) is 0 Å². The van der Waals surface area contributed by atoms with Gasteiger partial charge in [0.25, 0.3) is 0 Å². The molecule has 0 radical (unpaired) electrons. The van der Waals surface area contributed by atoms with E-state index in [1.165, 1.54) is 19.3 Å². The van der Waals surface area contributed by atoms with Gasteiger partial charge in [-0.05, 0) is 49.4 Å². The highest BCUT2D eigenvalue weighted by Gasteiger charge is 2.36. The Kier molecular flexibility index (Phi) is 5.69. The van der Waals surface area contributed by atoms with Crippen molar-refractivity contribution in [2.24, 2.45) is 5.92 Å². The molecule has 1 saturated carbocycles. The highest BCUT2D eigenvalue weighted by atomic mass is 16.1. The van der Waals surface area contributed by atoms with E-state index in [-0.39, 0.29) is 17.5 Å². The second-order valence-electron chi connectivity index (χ2n) is 8.79. The van der Waals surface area contributed by atoms with Gasteiger partial charge in [-0.1, -0.05) is 39.2 Å². The van der Waals surface area contributed by atoms with Crippen LogP contribution in [0, 0.1) is 5.92 Å². The number of nitrogens with zero attached hydrogens (tertiary/aromatic N) is 4. The second-order valence-corrected chi connectivity index (χ2v) is 8.79. The van der Waals surface area contributed by atoms with Crippen LogP contribution in [0.25, 0.3) is 5.65 Å². The SMILES string of the molecule is CC(C)C[C@@H](NC(=O)CC1(n2cccc2)CCCCC1)c1nnc2ccccn12. The van der Waals surface area contributed by atoms with Crippen molar-refractivity contribution >= 4 is 11.6 Å². The van der Waals surface area contributed by atoms with Crippen molar-refractivity contribution in [3.8, 4) is 0 Å². The molecule has 1 aliphatic rings. The minimum atomic E-state index is -0.148. The molecule has 1 atom stereocenters. The summed E-state index contributed by atoms with van der Waals surface area (Å²) in [5.74, 6) is 1.34. The lowest BCUT2D eigenvalue weighted by Gasteiger charge is -2.39. The summed E-state index contributed by atoms with van der Waals surface area (Å²) in [6, 6.07) is 9.82. The normalized spacial score (nSPS) is 17.5. The lowest BCUT2D eigenvalue weighted by Crippen LogP contribution is -2.42. The Balaban J connectivity index is 1.56. The average Bonchev–Trinajstić information content (AvgIpc) is 3.38. The maximum Gasteiger partial charge on any atom is 0.222 e. The van der Waals surface area contributed by atoms with Crippen molar-refractivity contribution in [3.05, 3.63) is 54.7 Å². The van der Waals surface area contributed by atoms with E-state index in [9.17, 15) is 4.79 Å². The highest BCUT2D eigenvalue weighted by molar-refractivity contribution is 5.77. The Morgan fingerprint density at radius 2 is 1.79 bits per heavy atom. The Morgan fingerprint density at radius 1 is 1.07 bits per heavy atom. The van der Waals surface area contributed by atoms with Gasteiger partial charge in [0.15, 0.2) is 11.5 Å². The molecular weight excluding hydrogens is 362 g/mol. The Bertz CT molecular complexity index is 937. The maximum absolute atomic E-state index is 13.3. The zero-order chi connectivity index (χ0) is 20.3. The third-order valence-electron chi connectivity index (χ3n) is 6.12. The number of fused-ring (bicyclic) bond motifs is 1. The van der Waals surface area contributed by atoms with Gasteiger partial charge in [-0.2, -0.15) is 0 Å². The Hall–Kier alpha value is -2.63. The molecule has 0 aromatic carbocycles. The van der Waals surface area contributed by atoms with Gasteiger partial charge in [0, 0.05) is 18.6 Å². The first-order valence-corrected chi connectivity index (χ1v) is 10.8. The van der Waals surface area contributed by atoms with E-state index >= 15 is 0 Å². The van der Waals surface area contributed by atoms with Crippen molar-refractivity contribution in [2.75, 3.05) is 0 Å². The van der Waals surface area contributed by atoms with Crippen LogP contribution in [0.3, 0.4) is 0 Å². The molecule has 0 spiro atoms. The number of hydrogen-bond donors (Lipinski definition) is 1. The fraction of sp³-hybridized carbons (Fsp3) is 0.522. The Morgan fingerprint density at radius 3 is 2.52 bits per heavy atom. The van der Waals surface area contributed by atoms with Gasteiger partial charge < -0.3 is 9.88 Å². The molecule has 0 aliphatic heterocycles. The van der Waals surface area contributed by atoms with Crippen molar-refractivity contribution in [1.82, 2.24) is 24.5 Å². The van der Waals surface area contributed by atoms with Crippen LogP contribution in [0.4, 0.5) is 0 Å². The maximum atomic E-state index is 13.3. The Labute approximate surface area is 172 Å². The van der Waals surface area contributed by atoms with Gasteiger partial charge in [0.05, 0.1) is 18.0 Å². The van der Waals surface area contributed by atoms with Gasteiger partial charge in [-0.15, -0.1) is 10.2 Å². The number of carbonyl (C=O) groups is 1. The summed E-state index contributed by atoms with van der Waals surface area (Å²) in [5.41, 5.74) is 0.697. The summed E-state index contributed by atoms with van der Waals surface area (Å²) < 4.78 is 4.24. The van der Waals surface area contributed by atoms with E-state index in [0.29, 0.717) is 12.3 Å². The number of pyridine rings is 1. The molecule has 6 nitrogen and oxygen atoms in total. The molecule has 0 unspecified atom stereocenters. The van der Waals surface area contributed by atoms with Crippen LogP contribution in [-0.4, -0.2) is 25.1 Å². The summed E-state index contributed by atoms with van der Waals surface area (Å²) in [6.07, 6.45) is 13.2. The third kappa shape index (κ3) is 4.21. The largest absolute Gasteiger partial charge is 0.348 e. The monoisotopic (exact) mass is 393 g/mol. The topological polar surface area (TPSA) is 64.2 Å². The summed E-state index contributed by atoms with van der Waals surface area (Å²) >= 11 is 0. The molecule has 1 fully saturated rings. The van der Waals surface area contributed by atoms with E-state index in [2.05, 4.69) is 58.5 Å². The minimum Gasteiger partial charge on any atom is -0.348 e. The molecule has 1 aliphatic carbocycles. The molecule has 6 heteroatoms. The molecule has 4 rings (SSSR count). The first kappa shape index (κ1) is 19.7.